The van der Waals surface area contributed by atoms with E-state index in [1.807, 2.05) is 36.7 Å². The summed E-state index contributed by atoms with van der Waals surface area (Å²) >= 11 is 5.96. The lowest BCUT2D eigenvalue weighted by atomic mass is 10.1. The Morgan fingerprint density at radius 3 is 2.60 bits per heavy atom. The Hall–Kier alpha value is -2.01. The molecule has 2 rings (SSSR count). The molecule has 0 aliphatic heterocycles. The van der Waals surface area contributed by atoms with Crippen LogP contribution in [0.2, 0.25) is 5.02 Å². The molecular weight excluding hydrogens is 334 g/mol. The van der Waals surface area contributed by atoms with Crippen LogP contribution in [-0.2, 0) is 13.1 Å². The van der Waals surface area contributed by atoms with Gasteiger partial charge >= 0.3 is 0 Å². The van der Waals surface area contributed by atoms with Crippen LogP contribution in [0.3, 0.4) is 0 Å². The van der Waals surface area contributed by atoms with Crippen LogP contribution in [0.15, 0.2) is 41.7 Å². The molecule has 136 valence electrons. The van der Waals surface area contributed by atoms with Gasteiger partial charge in [0.25, 0.3) is 0 Å². The molecule has 0 saturated heterocycles. The molecule has 0 bridgehead atoms. The number of hydrogen-bond acceptors (Lipinski definition) is 2. The van der Waals surface area contributed by atoms with Gasteiger partial charge in [0.1, 0.15) is 12.4 Å². The average molecular weight is 362 g/mol. The second-order valence-corrected chi connectivity index (χ2v) is 6.94. The Bertz CT molecular complexity index is 675. The Kier molecular flexibility index (Phi) is 7.31. The van der Waals surface area contributed by atoms with Crippen molar-refractivity contribution >= 4 is 17.6 Å². The monoisotopic (exact) mass is 361 g/mol. The molecule has 6 heteroatoms. The van der Waals surface area contributed by atoms with Crippen molar-refractivity contribution in [1.82, 2.24) is 20.2 Å². The average Bonchev–Trinajstić information content (AvgIpc) is 2.99. The standard InChI is InChI=1S/C19H28ClN5/c1-5-21-19(24-15(4)16-6-8-17(20)9-7-16)23-12-18-22-10-11-25(18)13-14(2)3/h6-11,14-15H,5,12-13H2,1-4H3,(H2,21,23,24). The van der Waals surface area contributed by atoms with E-state index in [1.165, 1.54) is 0 Å². The van der Waals surface area contributed by atoms with Gasteiger partial charge in [0.2, 0.25) is 0 Å². The van der Waals surface area contributed by atoms with Crippen molar-refractivity contribution in [3.05, 3.63) is 53.1 Å². The van der Waals surface area contributed by atoms with Crippen molar-refractivity contribution in [3.8, 4) is 0 Å². The van der Waals surface area contributed by atoms with E-state index < -0.39 is 0 Å². The normalized spacial score (nSPS) is 13.1. The van der Waals surface area contributed by atoms with E-state index in [1.54, 1.807) is 0 Å². The third kappa shape index (κ3) is 6.09. The molecule has 1 aromatic carbocycles. The summed E-state index contributed by atoms with van der Waals surface area (Å²) in [5, 5.41) is 7.47. The first kappa shape index (κ1) is 19.3. The predicted octanol–water partition coefficient (Wildman–Crippen LogP) is 4.01. The lowest BCUT2D eigenvalue weighted by molar-refractivity contribution is 0.507. The number of benzene rings is 1. The molecule has 0 aliphatic carbocycles. The maximum absolute atomic E-state index is 5.96. The third-order valence-corrected chi connectivity index (χ3v) is 4.06. The molecule has 2 N–H and O–H groups in total. The molecule has 0 spiro atoms. The SMILES string of the molecule is CCNC(=NCc1nccn1CC(C)C)NC(C)c1ccc(Cl)cc1. The molecule has 25 heavy (non-hydrogen) atoms. The molecule has 0 aliphatic rings. The summed E-state index contributed by atoms with van der Waals surface area (Å²) in [4.78, 5) is 9.13. The molecule has 1 heterocycles. The third-order valence-electron chi connectivity index (χ3n) is 3.81. The quantitative estimate of drug-likeness (QED) is 0.578. The van der Waals surface area contributed by atoms with Gasteiger partial charge in [0, 0.05) is 30.5 Å². The van der Waals surface area contributed by atoms with Crippen molar-refractivity contribution < 1.29 is 0 Å². The fourth-order valence-electron chi connectivity index (χ4n) is 2.56. The van der Waals surface area contributed by atoms with E-state index >= 15 is 0 Å². The van der Waals surface area contributed by atoms with Crippen molar-refractivity contribution in [1.29, 1.82) is 0 Å². The van der Waals surface area contributed by atoms with Gasteiger partial charge in [-0.05, 0) is 37.5 Å². The van der Waals surface area contributed by atoms with Gasteiger partial charge in [-0.1, -0.05) is 37.6 Å². The Morgan fingerprint density at radius 2 is 1.96 bits per heavy atom. The van der Waals surface area contributed by atoms with Crippen molar-refractivity contribution in [3.63, 3.8) is 0 Å². The Labute approximate surface area is 155 Å². The van der Waals surface area contributed by atoms with E-state index in [-0.39, 0.29) is 6.04 Å². The Morgan fingerprint density at radius 1 is 1.24 bits per heavy atom. The summed E-state index contributed by atoms with van der Waals surface area (Å²) in [7, 11) is 0. The second kappa shape index (κ2) is 9.47. The lowest BCUT2D eigenvalue weighted by Crippen LogP contribution is -2.38. The van der Waals surface area contributed by atoms with Gasteiger partial charge in [-0.3, -0.25) is 0 Å². The van der Waals surface area contributed by atoms with Gasteiger partial charge in [0.15, 0.2) is 5.96 Å². The van der Waals surface area contributed by atoms with E-state index in [9.17, 15) is 0 Å². The molecule has 0 amide bonds. The number of aliphatic imine (C=N–C) groups is 1. The lowest BCUT2D eigenvalue weighted by Gasteiger charge is -2.18. The Balaban J connectivity index is 2.05. The van der Waals surface area contributed by atoms with Gasteiger partial charge in [-0.2, -0.15) is 0 Å². The minimum atomic E-state index is 0.130. The molecule has 1 aromatic heterocycles. The van der Waals surface area contributed by atoms with E-state index in [0.717, 1.165) is 35.5 Å². The number of rotatable bonds is 7. The smallest absolute Gasteiger partial charge is 0.192 e. The highest BCUT2D eigenvalue weighted by Crippen LogP contribution is 2.16. The van der Waals surface area contributed by atoms with Crippen LogP contribution in [0.4, 0.5) is 0 Å². The molecule has 1 unspecified atom stereocenters. The minimum absolute atomic E-state index is 0.130. The second-order valence-electron chi connectivity index (χ2n) is 6.50. The van der Waals surface area contributed by atoms with E-state index in [0.29, 0.717) is 12.5 Å². The largest absolute Gasteiger partial charge is 0.357 e. The summed E-state index contributed by atoms with van der Waals surface area (Å²) in [5.41, 5.74) is 1.16. The molecule has 5 nitrogen and oxygen atoms in total. The zero-order valence-corrected chi connectivity index (χ0v) is 16.2. The van der Waals surface area contributed by atoms with Crippen LogP contribution in [0, 0.1) is 5.92 Å². The number of hydrogen-bond donors (Lipinski definition) is 2. The maximum atomic E-state index is 5.96. The molecule has 0 saturated carbocycles. The van der Waals surface area contributed by atoms with Gasteiger partial charge < -0.3 is 15.2 Å². The van der Waals surface area contributed by atoms with E-state index in [4.69, 9.17) is 16.6 Å². The maximum Gasteiger partial charge on any atom is 0.192 e. The topological polar surface area (TPSA) is 54.2 Å². The zero-order chi connectivity index (χ0) is 18.2. The molecule has 2 aromatic rings. The fraction of sp³-hybridized carbons (Fsp3) is 0.474. The van der Waals surface area contributed by atoms with Crippen molar-refractivity contribution in [2.24, 2.45) is 10.9 Å². The van der Waals surface area contributed by atoms with Crippen LogP contribution in [0.1, 0.15) is 45.1 Å². The molecule has 0 radical (unpaired) electrons. The fourth-order valence-corrected chi connectivity index (χ4v) is 2.69. The highest BCUT2D eigenvalue weighted by atomic mass is 35.5. The summed E-state index contributed by atoms with van der Waals surface area (Å²) in [6, 6.07) is 7.99. The van der Waals surface area contributed by atoms with Gasteiger partial charge in [-0.25, -0.2) is 9.98 Å². The highest BCUT2D eigenvalue weighted by Gasteiger charge is 2.09. The van der Waals surface area contributed by atoms with Gasteiger partial charge in [0.05, 0.1) is 6.04 Å². The van der Waals surface area contributed by atoms with Crippen LogP contribution in [0.25, 0.3) is 0 Å². The first-order valence-electron chi connectivity index (χ1n) is 8.80. The summed E-state index contributed by atoms with van der Waals surface area (Å²) in [6.45, 7) is 10.9. The predicted molar refractivity (Wildman–Crippen MR) is 105 cm³/mol. The number of nitrogens with zero attached hydrogens (tertiary/aromatic N) is 3. The number of aromatic nitrogens is 2. The molecule has 0 fully saturated rings. The first-order chi connectivity index (χ1) is 12.0. The van der Waals surface area contributed by atoms with Crippen molar-refractivity contribution in [2.45, 2.75) is 46.8 Å². The minimum Gasteiger partial charge on any atom is -0.357 e. The molecule has 1 atom stereocenters. The first-order valence-corrected chi connectivity index (χ1v) is 9.17. The summed E-state index contributed by atoms with van der Waals surface area (Å²) in [6.07, 6.45) is 3.85. The highest BCUT2D eigenvalue weighted by molar-refractivity contribution is 6.30. The zero-order valence-electron chi connectivity index (χ0n) is 15.5. The van der Waals surface area contributed by atoms with E-state index in [2.05, 4.69) is 47.9 Å². The number of guanidine groups is 1. The number of halogens is 1. The van der Waals surface area contributed by atoms with Crippen LogP contribution < -0.4 is 10.6 Å². The van der Waals surface area contributed by atoms with Crippen LogP contribution in [-0.4, -0.2) is 22.1 Å². The van der Waals surface area contributed by atoms with Crippen LogP contribution in [0.5, 0.6) is 0 Å². The molecular formula is C19H28ClN5. The van der Waals surface area contributed by atoms with Crippen molar-refractivity contribution in [2.75, 3.05) is 6.54 Å². The number of imidazole rings is 1. The summed E-state index contributed by atoms with van der Waals surface area (Å²) < 4.78 is 2.17. The van der Waals surface area contributed by atoms with Crippen LogP contribution >= 0.6 is 11.6 Å². The number of nitrogens with one attached hydrogen (secondary N) is 2. The summed E-state index contributed by atoms with van der Waals surface area (Å²) in [5.74, 6) is 2.34. The van der Waals surface area contributed by atoms with Gasteiger partial charge in [-0.15, -0.1) is 0 Å².